The number of unbranched alkanes of at least 4 members (excludes halogenated alkanes) is 1. The van der Waals surface area contributed by atoms with Crippen LogP contribution in [0.4, 0.5) is 0 Å². The van der Waals surface area contributed by atoms with E-state index < -0.39 is 11.9 Å². The SMILES string of the molecule is CCCCc1nc(C2=CCCN(C)C2)oc1OC.O=C(O)C=CC(=O)O. The van der Waals surface area contributed by atoms with Crippen LogP contribution < -0.4 is 4.74 Å². The van der Waals surface area contributed by atoms with E-state index in [2.05, 4.69) is 29.9 Å². The van der Waals surface area contributed by atoms with Crippen LogP contribution in [0.3, 0.4) is 0 Å². The molecule has 26 heavy (non-hydrogen) atoms. The van der Waals surface area contributed by atoms with Crippen molar-refractivity contribution in [1.29, 1.82) is 0 Å². The molecule has 0 aromatic carbocycles. The minimum Gasteiger partial charge on any atom is -0.478 e. The van der Waals surface area contributed by atoms with Crippen molar-refractivity contribution in [2.75, 3.05) is 27.2 Å². The van der Waals surface area contributed by atoms with Crippen LogP contribution in [-0.4, -0.2) is 59.3 Å². The Labute approximate surface area is 152 Å². The lowest BCUT2D eigenvalue weighted by Gasteiger charge is -2.20. The summed E-state index contributed by atoms with van der Waals surface area (Å²) in [5, 5.41) is 15.6. The summed E-state index contributed by atoms with van der Waals surface area (Å²) in [5.74, 6) is -1.21. The van der Waals surface area contributed by atoms with E-state index in [1.54, 1.807) is 7.11 Å². The number of likely N-dealkylation sites (N-methyl/N-ethyl adjacent to an activating group) is 1. The molecule has 2 rings (SSSR count). The van der Waals surface area contributed by atoms with E-state index >= 15 is 0 Å². The topological polar surface area (TPSA) is 113 Å². The minimum absolute atomic E-state index is 0.558. The molecular formula is C18H26N2O6. The van der Waals surface area contributed by atoms with Crippen molar-refractivity contribution in [3.63, 3.8) is 0 Å². The summed E-state index contributed by atoms with van der Waals surface area (Å²) in [6, 6.07) is 0. The van der Waals surface area contributed by atoms with E-state index in [0.29, 0.717) is 18.1 Å². The predicted molar refractivity (Wildman–Crippen MR) is 96.2 cm³/mol. The number of aromatic nitrogens is 1. The van der Waals surface area contributed by atoms with Gasteiger partial charge in [0.25, 0.3) is 0 Å². The molecule has 144 valence electrons. The number of nitrogens with zero attached hydrogens (tertiary/aromatic N) is 2. The Morgan fingerprint density at radius 3 is 2.50 bits per heavy atom. The van der Waals surface area contributed by atoms with Crippen molar-refractivity contribution in [3.05, 3.63) is 29.8 Å². The van der Waals surface area contributed by atoms with Gasteiger partial charge in [-0.1, -0.05) is 19.4 Å². The standard InChI is InChI=1S/C14H22N2O2.C4H4O4/c1-4-5-8-12-14(17-3)18-13(15-12)11-7-6-9-16(2)10-11;5-3(6)1-2-4(7)8/h7H,4-6,8-10H2,1-3H3;1-2H,(H,5,6)(H,7,8). The molecule has 1 aliphatic rings. The number of oxazole rings is 1. The van der Waals surface area contributed by atoms with Crippen molar-refractivity contribution in [2.45, 2.75) is 32.6 Å². The van der Waals surface area contributed by atoms with Gasteiger partial charge < -0.3 is 24.3 Å². The van der Waals surface area contributed by atoms with Gasteiger partial charge in [0.05, 0.1) is 7.11 Å². The third kappa shape index (κ3) is 7.52. The van der Waals surface area contributed by atoms with E-state index in [0.717, 1.165) is 50.4 Å². The van der Waals surface area contributed by atoms with Crippen LogP contribution in [0.25, 0.3) is 5.57 Å². The quantitative estimate of drug-likeness (QED) is 0.708. The normalized spacial score (nSPS) is 14.5. The lowest BCUT2D eigenvalue weighted by molar-refractivity contribution is -0.134. The smallest absolute Gasteiger partial charge is 0.328 e. The van der Waals surface area contributed by atoms with Crippen LogP contribution in [0.2, 0.25) is 0 Å². The number of ether oxygens (including phenoxy) is 1. The number of carbonyl (C=O) groups is 2. The van der Waals surface area contributed by atoms with E-state index in [1.165, 1.54) is 5.57 Å². The first-order chi connectivity index (χ1) is 12.4. The fourth-order valence-electron chi connectivity index (χ4n) is 2.33. The molecule has 0 unspecified atom stereocenters. The Morgan fingerprint density at radius 2 is 2.00 bits per heavy atom. The van der Waals surface area contributed by atoms with Gasteiger partial charge in [0.2, 0.25) is 5.89 Å². The number of carboxylic acids is 2. The number of aryl methyl sites for hydroxylation is 1. The molecular weight excluding hydrogens is 340 g/mol. The van der Waals surface area contributed by atoms with E-state index in [1.807, 2.05) is 0 Å². The first kappa shape index (κ1) is 21.4. The zero-order valence-corrected chi connectivity index (χ0v) is 15.4. The molecule has 0 saturated heterocycles. The summed E-state index contributed by atoms with van der Waals surface area (Å²) >= 11 is 0. The second kappa shape index (κ2) is 11.1. The average molecular weight is 366 g/mol. The summed E-state index contributed by atoms with van der Waals surface area (Å²) in [4.78, 5) is 26.0. The lowest BCUT2D eigenvalue weighted by Crippen LogP contribution is -2.25. The van der Waals surface area contributed by atoms with Crippen molar-refractivity contribution in [3.8, 4) is 5.95 Å². The average Bonchev–Trinajstić information content (AvgIpc) is 3.02. The molecule has 0 fully saturated rings. The van der Waals surface area contributed by atoms with Crippen molar-refractivity contribution in [2.24, 2.45) is 0 Å². The third-order valence-electron chi connectivity index (χ3n) is 3.60. The maximum absolute atomic E-state index is 9.55. The van der Waals surface area contributed by atoms with Crippen LogP contribution in [0.1, 0.15) is 37.8 Å². The fraction of sp³-hybridized carbons (Fsp3) is 0.500. The van der Waals surface area contributed by atoms with Crippen molar-refractivity contribution >= 4 is 17.5 Å². The van der Waals surface area contributed by atoms with Crippen LogP contribution in [-0.2, 0) is 16.0 Å². The molecule has 0 aliphatic carbocycles. The highest BCUT2D eigenvalue weighted by atomic mass is 16.6. The predicted octanol–water partition coefficient (Wildman–Crippen LogP) is 2.46. The van der Waals surface area contributed by atoms with Crippen LogP contribution in [0.15, 0.2) is 22.6 Å². The zero-order valence-electron chi connectivity index (χ0n) is 15.4. The Morgan fingerprint density at radius 1 is 1.35 bits per heavy atom. The monoisotopic (exact) mass is 366 g/mol. The van der Waals surface area contributed by atoms with Crippen LogP contribution in [0, 0.1) is 0 Å². The molecule has 8 heteroatoms. The van der Waals surface area contributed by atoms with Gasteiger partial charge in [-0.05, 0) is 26.3 Å². The summed E-state index contributed by atoms with van der Waals surface area (Å²) < 4.78 is 11.0. The molecule has 0 saturated carbocycles. The molecule has 0 atom stereocenters. The summed E-state index contributed by atoms with van der Waals surface area (Å²) in [5.41, 5.74) is 2.12. The first-order valence-corrected chi connectivity index (χ1v) is 8.42. The van der Waals surface area contributed by atoms with Gasteiger partial charge in [-0.25, -0.2) is 14.6 Å². The molecule has 1 aromatic rings. The Bertz CT molecular complexity index is 647. The highest BCUT2D eigenvalue weighted by Gasteiger charge is 2.19. The van der Waals surface area contributed by atoms with E-state index in [-0.39, 0.29) is 0 Å². The highest BCUT2D eigenvalue weighted by Crippen LogP contribution is 2.27. The molecule has 0 radical (unpaired) electrons. The van der Waals surface area contributed by atoms with Gasteiger partial charge in [-0.2, -0.15) is 0 Å². The largest absolute Gasteiger partial charge is 0.478 e. The van der Waals surface area contributed by atoms with Gasteiger partial charge in [0.15, 0.2) is 0 Å². The number of hydrogen-bond acceptors (Lipinski definition) is 6. The molecule has 8 nitrogen and oxygen atoms in total. The van der Waals surface area contributed by atoms with Gasteiger partial charge in [0, 0.05) is 30.8 Å². The molecule has 1 aliphatic heterocycles. The van der Waals surface area contributed by atoms with E-state index in [4.69, 9.17) is 19.4 Å². The van der Waals surface area contributed by atoms with Crippen LogP contribution in [0.5, 0.6) is 5.95 Å². The molecule has 0 spiro atoms. The Kier molecular flexibility index (Phi) is 9.14. The van der Waals surface area contributed by atoms with Crippen molar-refractivity contribution < 1.29 is 29.0 Å². The van der Waals surface area contributed by atoms with Gasteiger partial charge in [0.1, 0.15) is 5.69 Å². The number of methoxy groups -OCH3 is 1. The maximum atomic E-state index is 9.55. The molecule has 1 aromatic heterocycles. The molecule has 0 amide bonds. The zero-order chi connectivity index (χ0) is 19.5. The first-order valence-electron chi connectivity index (χ1n) is 8.42. The number of carboxylic acid groups (broad SMARTS) is 2. The Balaban J connectivity index is 0.000000359. The third-order valence-corrected chi connectivity index (χ3v) is 3.60. The maximum Gasteiger partial charge on any atom is 0.328 e. The lowest BCUT2D eigenvalue weighted by atomic mass is 10.1. The number of hydrogen-bond donors (Lipinski definition) is 2. The highest BCUT2D eigenvalue weighted by molar-refractivity contribution is 5.89. The number of rotatable bonds is 7. The summed E-state index contributed by atoms with van der Waals surface area (Å²) in [6.07, 6.45) is 7.57. The summed E-state index contributed by atoms with van der Waals surface area (Å²) in [7, 11) is 3.76. The summed E-state index contributed by atoms with van der Waals surface area (Å²) in [6.45, 7) is 4.17. The Hall–Kier alpha value is -2.61. The second-order valence-electron chi connectivity index (χ2n) is 5.83. The number of aliphatic carboxylic acids is 2. The fourth-order valence-corrected chi connectivity index (χ4v) is 2.33. The minimum atomic E-state index is -1.26. The van der Waals surface area contributed by atoms with E-state index in [9.17, 15) is 9.59 Å². The van der Waals surface area contributed by atoms with Gasteiger partial charge >= 0.3 is 17.9 Å². The molecule has 2 heterocycles. The second-order valence-corrected chi connectivity index (χ2v) is 5.83. The molecule has 0 bridgehead atoms. The van der Waals surface area contributed by atoms with Crippen molar-refractivity contribution in [1.82, 2.24) is 9.88 Å². The van der Waals surface area contributed by atoms with Gasteiger partial charge in [-0.3, -0.25) is 0 Å². The molecule has 2 N–H and O–H groups in total. The van der Waals surface area contributed by atoms with Gasteiger partial charge in [-0.15, -0.1) is 0 Å². The van der Waals surface area contributed by atoms with Crippen LogP contribution >= 0.6 is 0 Å².